The number of pyridine rings is 1. The second-order valence-corrected chi connectivity index (χ2v) is 11.2. The smallest absolute Gasteiger partial charge is 0.259 e. The first-order valence-electron chi connectivity index (χ1n) is 10.0. The van der Waals surface area contributed by atoms with Crippen molar-refractivity contribution in [3.63, 3.8) is 0 Å². The molecule has 9 heteroatoms. The molecule has 2 aromatic rings. The number of hydrogen-bond acceptors (Lipinski definition) is 6. The quantitative estimate of drug-likeness (QED) is 0.798. The number of carbonyl (C=O) groups excluding carboxylic acids is 1. The molecule has 0 bridgehead atoms. The van der Waals surface area contributed by atoms with Crippen LogP contribution in [0.15, 0.2) is 18.3 Å². The molecular weight excluding hydrogens is 408 g/mol. The van der Waals surface area contributed by atoms with Crippen molar-refractivity contribution in [2.75, 3.05) is 24.7 Å². The van der Waals surface area contributed by atoms with E-state index in [1.165, 1.54) is 15.4 Å². The zero-order valence-corrected chi connectivity index (χ0v) is 18.4. The Bertz CT molecular complexity index is 993. The van der Waals surface area contributed by atoms with Gasteiger partial charge in [0.1, 0.15) is 0 Å². The van der Waals surface area contributed by atoms with Gasteiger partial charge in [0.15, 0.2) is 5.13 Å². The third kappa shape index (κ3) is 4.67. The number of sulfonamides is 1. The molecule has 3 heterocycles. The largest absolute Gasteiger partial charge is 0.298 e. The van der Waals surface area contributed by atoms with Crippen LogP contribution in [0.25, 0.3) is 0 Å². The number of aromatic nitrogens is 2. The standard InChI is InChI=1S/C20H26N4O3S2/c1-13-3-5-17-18(11-13)28-20(22-17)23-19(25)15-4-6-16(21-12-15)14-7-9-24(10-8-14)29(2,26)27/h4,6,12-14H,3,5,7-11H2,1-2H3,(H,22,23,25)/t13-/m1/s1. The molecule has 29 heavy (non-hydrogen) atoms. The zero-order valence-electron chi connectivity index (χ0n) is 16.7. The maximum Gasteiger partial charge on any atom is 0.259 e. The fourth-order valence-electron chi connectivity index (χ4n) is 4.03. The summed E-state index contributed by atoms with van der Waals surface area (Å²) in [6.07, 6.45) is 7.51. The van der Waals surface area contributed by atoms with Crippen molar-refractivity contribution >= 4 is 32.4 Å². The number of hydrogen-bond donors (Lipinski definition) is 1. The molecule has 0 aromatic carbocycles. The van der Waals surface area contributed by atoms with Gasteiger partial charge in [-0.2, -0.15) is 0 Å². The van der Waals surface area contributed by atoms with Crippen molar-refractivity contribution in [2.24, 2.45) is 5.92 Å². The van der Waals surface area contributed by atoms with E-state index >= 15 is 0 Å². The summed E-state index contributed by atoms with van der Waals surface area (Å²) in [6.45, 7) is 3.28. The number of amides is 1. The van der Waals surface area contributed by atoms with Crippen LogP contribution in [-0.4, -0.2) is 47.9 Å². The molecule has 0 saturated carbocycles. The molecule has 0 spiro atoms. The lowest BCUT2D eigenvalue weighted by molar-refractivity contribution is 0.102. The molecule has 4 rings (SSSR count). The lowest BCUT2D eigenvalue weighted by Crippen LogP contribution is -2.37. The first kappa shape index (κ1) is 20.4. The van der Waals surface area contributed by atoms with Gasteiger partial charge in [0.25, 0.3) is 5.91 Å². The summed E-state index contributed by atoms with van der Waals surface area (Å²) in [5, 5.41) is 3.57. The van der Waals surface area contributed by atoms with Gasteiger partial charge >= 0.3 is 0 Å². The number of aryl methyl sites for hydroxylation is 1. The fourth-order valence-corrected chi connectivity index (χ4v) is 6.07. The van der Waals surface area contributed by atoms with Gasteiger partial charge in [-0.05, 0) is 50.2 Å². The van der Waals surface area contributed by atoms with Crippen LogP contribution in [0.4, 0.5) is 5.13 Å². The molecule has 0 radical (unpaired) electrons. The number of carbonyl (C=O) groups is 1. The van der Waals surface area contributed by atoms with Crippen LogP contribution >= 0.6 is 11.3 Å². The molecule has 1 atom stereocenters. The Balaban J connectivity index is 1.37. The highest BCUT2D eigenvalue weighted by Gasteiger charge is 2.26. The molecule has 1 N–H and O–H groups in total. The van der Waals surface area contributed by atoms with Gasteiger partial charge < -0.3 is 0 Å². The Morgan fingerprint density at radius 1 is 1.24 bits per heavy atom. The van der Waals surface area contributed by atoms with Gasteiger partial charge in [0.2, 0.25) is 10.0 Å². The minimum absolute atomic E-state index is 0.199. The summed E-state index contributed by atoms with van der Waals surface area (Å²) in [5.74, 6) is 0.695. The number of rotatable bonds is 4. The highest BCUT2D eigenvalue weighted by Crippen LogP contribution is 2.32. The Hall–Kier alpha value is -1.84. The molecular formula is C20H26N4O3S2. The van der Waals surface area contributed by atoms with Crippen molar-refractivity contribution < 1.29 is 13.2 Å². The third-order valence-electron chi connectivity index (χ3n) is 5.80. The molecule has 1 fully saturated rings. The van der Waals surface area contributed by atoms with Gasteiger partial charge in [0, 0.05) is 35.8 Å². The van der Waals surface area contributed by atoms with Crippen LogP contribution in [0.5, 0.6) is 0 Å². The van der Waals surface area contributed by atoms with Gasteiger partial charge in [-0.25, -0.2) is 17.7 Å². The first-order valence-corrected chi connectivity index (χ1v) is 12.7. The van der Waals surface area contributed by atoms with Crippen LogP contribution in [-0.2, 0) is 22.9 Å². The maximum absolute atomic E-state index is 12.6. The van der Waals surface area contributed by atoms with Crippen LogP contribution < -0.4 is 5.32 Å². The van der Waals surface area contributed by atoms with E-state index in [9.17, 15) is 13.2 Å². The molecule has 2 aliphatic rings. The number of anilines is 1. The molecule has 7 nitrogen and oxygen atoms in total. The predicted molar refractivity (Wildman–Crippen MR) is 114 cm³/mol. The lowest BCUT2D eigenvalue weighted by atomic mass is 9.93. The predicted octanol–water partition coefficient (Wildman–Crippen LogP) is 3.05. The van der Waals surface area contributed by atoms with Crippen LogP contribution in [0.1, 0.15) is 58.7 Å². The normalized spacial score (nSPS) is 21.0. The van der Waals surface area contributed by atoms with Gasteiger partial charge in [-0.1, -0.05) is 6.92 Å². The SMILES string of the molecule is C[C@@H]1CCc2nc(NC(=O)c3ccc(C4CCN(S(C)(=O)=O)CC4)nc3)sc2C1. The summed E-state index contributed by atoms with van der Waals surface area (Å²) in [6, 6.07) is 3.67. The van der Waals surface area contributed by atoms with Crippen molar-refractivity contribution in [2.45, 2.75) is 44.9 Å². The molecule has 1 aliphatic heterocycles. The molecule has 0 unspecified atom stereocenters. The minimum Gasteiger partial charge on any atom is -0.298 e. The molecule has 1 aliphatic carbocycles. The van der Waals surface area contributed by atoms with Crippen molar-refractivity contribution in [3.05, 3.63) is 40.2 Å². The van der Waals surface area contributed by atoms with E-state index in [1.54, 1.807) is 23.6 Å². The van der Waals surface area contributed by atoms with Crippen LogP contribution in [0.2, 0.25) is 0 Å². The first-order chi connectivity index (χ1) is 13.8. The Morgan fingerprint density at radius 3 is 2.66 bits per heavy atom. The highest BCUT2D eigenvalue weighted by molar-refractivity contribution is 7.88. The number of fused-ring (bicyclic) bond motifs is 1. The van der Waals surface area contributed by atoms with Gasteiger partial charge in [-0.15, -0.1) is 11.3 Å². The van der Waals surface area contributed by atoms with Crippen molar-refractivity contribution in [1.82, 2.24) is 14.3 Å². The van der Waals surface area contributed by atoms with Crippen molar-refractivity contribution in [1.29, 1.82) is 0 Å². The zero-order chi connectivity index (χ0) is 20.6. The average Bonchev–Trinajstić information content (AvgIpc) is 3.09. The highest BCUT2D eigenvalue weighted by atomic mass is 32.2. The summed E-state index contributed by atoms with van der Waals surface area (Å²) < 4.78 is 24.8. The second-order valence-electron chi connectivity index (χ2n) is 8.10. The second kappa shape index (κ2) is 8.12. The summed E-state index contributed by atoms with van der Waals surface area (Å²) in [4.78, 5) is 22.9. The number of nitrogens with zero attached hydrogens (tertiary/aromatic N) is 3. The lowest BCUT2D eigenvalue weighted by Gasteiger charge is -2.29. The van der Waals surface area contributed by atoms with Crippen molar-refractivity contribution in [3.8, 4) is 0 Å². The maximum atomic E-state index is 12.6. The van der Waals surface area contributed by atoms with E-state index in [0.717, 1.165) is 43.5 Å². The van der Waals surface area contributed by atoms with Gasteiger partial charge in [0.05, 0.1) is 17.5 Å². The minimum atomic E-state index is -3.13. The van der Waals surface area contributed by atoms with E-state index in [2.05, 4.69) is 22.2 Å². The average molecular weight is 435 g/mol. The Morgan fingerprint density at radius 2 is 2.00 bits per heavy atom. The van der Waals surface area contributed by atoms with E-state index in [1.807, 2.05) is 6.07 Å². The topological polar surface area (TPSA) is 92.3 Å². The van der Waals surface area contributed by atoms with Crippen LogP contribution in [0.3, 0.4) is 0 Å². The molecule has 1 saturated heterocycles. The Kier molecular flexibility index (Phi) is 5.72. The molecule has 156 valence electrons. The fraction of sp³-hybridized carbons (Fsp3) is 0.550. The van der Waals surface area contributed by atoms with E-state index in [-0.39, 0.29) is 11.8 Å². The van der Waals surface area contributed by atoms with E-state index in [4.69, 9.17) is 0 Å². The summed E-state index contributed by atoms with van der Waals surface area (Å²) in [5.41, 5.74) is 2.54. The molecule has 2 aromatic heterocycles. The number of thiazole rings is 1. The third-order valence-corrected chi connectivity index (χ3v) is 8.13. The summed E-state index contributed by atoms with van der Waals surface area (Å²) >= 11 is 1.57. The monoisotopic (exact) mass is 434 g/mol. The van der Waals surface area contributed by atoms with Gasteiger partial charge in [-0.3, -0.25) is 15.1 Å². The van der Waals surface area contributed by atoms with Crippen LogP contribution in [0, 0.1) is 5.92 Å². The number of piperidine rings is 1. The summed E-state index contributed by atoms with van der Waals surface area (Å²) in [7, 11) is -3.13. The molecule has 1 amide bonds. The Labute approximate surface area is 175 Å². The number of nitrogens with one attached hydrogen (secondary N) is 1. The van der Waals surface area contributed by atoms with E-state index in [0.29, 0.717) is 29.7 Å². The van der Waals surface area contributed by atoms with E-state index < -0.39 is 10.0 Å².